The maximum atomic E-state index is 12.9. The van der Waals surface area contributed by atoms with Crippen molar-refractivity contribution in [3.8, 4) is 0 Å². The number of hydrogen-bond donors (Lipinski definition) is 0. The summed E-state index contributed by atoms with van der Waals surface area (Å²) in [5.74, 6) is 2.13. The van der Waals surface area contributed by atoms with Crippen LogP contribution in [-0.2, 0) is 14.3 Å². The maximum absolute atomic E-state index is 12.9. The monoisotopic (exact) mass is 387 g/mol. The van der Waals surface area contributed by atoms with Crippen LogP contribution in [0.3, 0.4) is 0 Å². The van der Waals surface area contributed by atoms with Gasteiger partial charge in [0.25, 0.3) is 0 Å². The standard InChI is InChI=1S/C24H37NO3/c1-6-13-28-22(27)21-15(2)14-18-16-7-8-19-23(3,12-10-20(26)25(19)5)17(16)9-11-24(18,21)4/h16-19H,6-14H2,1-5H3/t16-,17+,18+,19-,23-,24+/m1/s1. The summed E-state index contributed by atoms with van der Waals surface area (Å²) in [5, 5.41) is 0. The zero-order valence-electron chi connectivity index (χ0n) is 18.3. The predicted molar refractivity (Wildman–Crippen MR) is 110 cm³/mol. The summed E-state index contributed by atoms with van der Waals surface area (Å²) in [6, 6.07) is 0.392. The lowest BCUT2D eigenvalue weighted by molar-refractivity contribution is -0.157. The van der Waals surface area contributed by atoms with E-state index in [1.165, 1.54) is 18.4 Å². The van der Waals surface area contributed by atoms with E-state index in [1.807, 2.05) is 14.0 Å². The Hall–Kier alpha value is -1.32. The number of allylic oxidation sites excluding steroid dienone is 1. The molecule has 1 saturated heterocycles. The van der Waals surface area contributed by atoms with Crippen LogP contribution in [0.2, 0.25) is 0 Å². The van der Waals surface area contributed by atoms with E-state index in [2.05, 4.69) is 25.7 Å². The molecule has 0 aromatic carbocycles. The molecule has 6 atom stereocenters. The molecular weight excluding hydrogens is 350 g/mol. The van der Waals surface area contributed by atoms with Crippen molar-refractivity contribution in [2.45, 2.75) is 85.1 Å². The molecule has 4 heteroatoms. The Morgan fingerprint density at radius 1 is 1.18 bits per heavy atom. The van der Waals surface area contributed by atoms with Gasteiger partial charge in [-0.3, -0.25) is 4.79 Å². The van der Waals surface area contributed by atoms with E-state index < -0.39 is 0 Å². The molecule has 3 fully saturated rings. The minimum absolute atomic E-state index is 0.0321. The Balaban J connectivity index is 1.61. The van der Waals surface area contributed by atoms with Crippen molar-refractivity contribution in [1.82, 2.24) is 4.90 Å². The average molecular weight is 388 g/mol. The van der Waals surface area contributed by atoms with Gasteiger partial charge in [0.05, 0.1) is 6.61 Å². The molecule has 4 rings (SSSR count). The maximum Gasteiger partial charge on any atom is 0.334 e. The highest BCUT2D eigenvalue weighted by atomic mass is 16.5. The summed E-state index contributed by atoms with van der Waals surface area (Å²) in [6.07, 6.45) is 8.19. The molecule has 1 heterocycles. The van der Waals surface area contributed by atoms with E-state index >= 15 is 0 Å². The van der Waals surface area contributed by atoms with Crippen LogP contribution in [0.5, 0.6) is 0 Å². The van der Waals surface area contributed by atoms with E-state index in [4.69, 9.17) is 4.74 Å². The molecule has 0 spiro atoms. The molecule has 0 N–H and O–H groups in total. The average Bonchev–Trinajstić information content (AvgIpc) is 2.93. The largest absolute Gasteiger partial charge is 0.462 e. The number of fused-ring (bicyclic) bond motifs is 5. The van der Waals surface area contributed by atoms with Crippen LogP contribution in [0.4, 0.5) is 0 Å². The topological polar surface area (TPSA) is 46.6 Å². The van der Waals surface area contributed by atoms with Crippen LogP contribution in [0.25, 0.3) is 0 Å². The molecule has 3 aliphatic carbocycles. The molecule has 0 aromatic rings. The minimum atomic E-state index is -0.0642. The highest BCUT2D eigenvalue weighted by Crippen LogP contribution is 2.65. The fourth-order valence-electron chi connectivity index (χ4n) is 7.75. The van der Waals surface area contributed by atoms with Crippen molar-refractivity contribution < 1.29 is 14.3 Å². The molecule has 0 aromatic heterocycles. The van der Waals surface area contributed by atoms with Gasteiger partial charge in [0.2, 0.25) is 5.91 Å². The Morgan fingerprint density at radius 2 is 1.93 bits per heavy atom. The number of hydrogen-bond acceptors (Lipinski definition) is 3. The fourth-order valence-corrected chi connectivity index (χ4v) is 7.75. The number of likely N-dealkylation sites (tertiary alicyclic amines) is 1. The van der Waals surface area contributed by atoms with E-state index in [1.54, 1.807) is 0 Å². The van der Waals surface area contributed by atoms with Crippen molar-refractivity contribution in [3.63, 3.8) is 0 Å². The SMILES string of the molecule is CCCOC(=O)C1=C(C)C[C@H]2[C@@H]3CC[C@H]4N(C)C(=O)CC[C@]4(C)[C@H]3CC[C@]12C. The van der Waals surface area contributed by atoms with Gasteiger partial charge < -0.3 is 9.64 Å². The van der Waals surface area contributed by atoms with E-state index in [-0.39, 0.29) is 16.8 Å². The fraction of sp³-hybridized carbons (Fsp3) is 0.833. The van der Waals surface area contributed by atoms with Gasteiger partial charge in [-0.2, -0.15) is 0 Å². The van der Waals surface area contributed by atoms with Gasteiger partial charge in [-0.05, 0) is 75.0 Å². The zero-order chi connectivity index (χ0) is 20.3. The lowest BCUT2D eigenvalue weighted by Crippen LogP contribution is -2.61. The Bertz CT molecular complexity index is 713. The number of carbonyl (C=O) groups excluding carboxylic acids is 2. The number of amides is 1. The van der Waals surface area contributed by atoms with Gasteiger partial charge >= 0.3 is 5.97 Å². The van der Waals surface area contributed by atoms with Crippen molar-refractivity contribution in [1.29, 1.82) is 0 Å². The third-order valence-corrected chi connectivity index (χ3v) is 9.11. The highest BCUT2D eigenvalue weighted by molar-refractivity contribution is 5.91. The molecule has 0 unspecified atom stereocenters. The summed E-state index contributed by atoms with van der Waals surface area (Å²) in [6.45, 7) is 9.50. The molecular formula is C24H37NO3. The lowest BCUT2D eigenvalue weighted by atomic mass is 9.47. The first-order chi connectivity index (χ1) is 13.2. The summed E-state index contributed by atoms with van der Waals surface area (Å²) in [4.78, 5) is 27.2. The number of piperidine rings is 1. The van der Waals surface area contributed by atoms with Crippen molar-refractivity contribution >= 4 is 11.9 Å². The molecule has 0 bridgehead atoms. The first-order valence-corrected chi connectivity index (χ1v) is 11.4. The second kappa shape index (κ2) is 6.88. The second-order valence-corrected chi connectivity index (χ2v) is 10.4. The van der Waals surface area contributed by atoms with E-state index in [9.17, 15) is 9.59 Å². The number of rotatable bonds is 3. The van der Waals surface area contributed by atoms with Crippen LogP contribution in [0.15, 0.2) is 11.1 Å². The molecule has 28 heavy (non-hydrogen) atoms. The number of esters is 1. The minimum Gasteiger partial charge on any atom is -0.462 e. The number of carbonyl (C=O) groups is 2. The molecule has 4 aliphatic rings. The normalized spacial score (nSPS) is 42.8. The second-order valence-electron chi connectivity index (χ2n) is 10.4. The van der Waals surface area contributed by atoms with Gasteiger partial charge in [0, 0.05) is 30.5 Å². The third kappa shape index (κ3) is 2.69. The van der Waals surface area contributed by atoms with Gasteiger partial charge in [0.15, 0.2) is 0 Å². The van der Waals surface area contributed by atoms with Crippen molar-refractivity contribution in [3.05, 3.63) is 11.1 Å². The van der Waals surface area contributed by atoms with Gasteiger partial charge in [0.1, 0.15) is 0 Å². The highest BCUT2D eigenvalue weighted by Gasteiger charge is 2.61. The summed E-state index contributed by atoms with van der Waals surface area (Å²) in [7, 11) is 2.01. The van der Waals surface area contributed by atoms with Crippen LogP contribution >= 0.6 is 0 Å². The van der Waals surface area contributed by atoms with Gasteiger partial charge in [-0.25, -0.2) is 4.79 Å². The molecule has 156 valence electrons. The Labute approximate surface area is 170 Å². The summed E-state index contributed by atoms with van der Waals surface area (Å²) < 4.78 is 5.59. The smallest absolute Gasteiger partial charge is 0.334 e. The van der Waals surface area contributed by atoms with Crippen LogP contribution in [0, 0.1) is 28.6 Å². The third-order valence-electron chi connectivity index (χ3n) is 9.11. The molecule has 0 radical (unpaired) electrons. The first-order valence-electron chi connectivity index (χ1n) is 11.4. The van der Waals surface area contributed by atoms with Crippen molar-refractivity contribution in [2.75, 3.05) is 13.7 Å². The molecule has 1 amide bonds. The predicted octanol–water partition coefficient (Wildman–Crippen LogP) is 4.73. The number of ether oxygens (including phenoxy) is 1. The Kier molecular flexibility index (Phi) is 4.91. The summed E-state index contributed by atoms with van der Waals surface area (Å²) in [5.41, 5.74) is 2.45. The van der Waals surface area contributed by atoms with Crippen LogP contribution in [0.1, 0.15) is 79.1 Å². The molecule has 1 aliphatic heterocycles. The quantitative estimate of drug-likeness (QED) is 0.658. The van der Waals surface area contributed by atoms with Crippen molar-refractivity contribution in [2.24, 2.45) is 28.6 Å². The molecule has 4 nitrogen and oxygen atoms in total. The van der Waals surface area contributed by atoms with Gasteiger partial charge in [-0.15, -0.1) is 0 Å². The lowest BCUT2D eigenvalue weighted by Gasteiger charge is -2.61. The summed E-state index contributed by atoms with van der Waals surface area (Å²) >= 11 is 0. The van der Waals surface area contributed by atoms with Gasteiger partial charge in [-0.1, -0.05) is 26.3 Å². The zero-order valence-corrected chi connectivity index (χ0v) is 18.3. The molecule has 2 saturated carbocycles. The Morgan fingerprint density at radius 3 is 2.64 bits per heavy atom. The van der Waals surface area contributed by atoms with Crippen LogP contribution in [-0.4, -0.2) is 36.5 Å². The number of nitrogens with zero attached hydrogens (tertiary/aromatic N) is 1. The van der Waals surface area contributed by atoms with E-state index in [0.717, 1.165) is 37.7 Å². The van der Waals surface area contributed by atoms with E-state index in [0.29, 0.717) is 42.7 Å². The van der Waals surface area contributed by atoms with Crippen LogP contribution < -0.4 is 0 Å². The first kappa shape index (κ1) is 20.0.